The van der Waals surface area contributed by atoms with Gasteiger partial charge in [-0.25, -0.2) is 0 Å². The number of piperidine rings is 1. The molecular weight excluding hydrogens is 192 g/mol. The second-order valence-electron chi connectivity index (χ2n) is 5.01. The molecule has 0 aliphatic carbocycles. The van der Waals surface area contributed by atoms with E-state index in [4.69, 9.17) is 21.6 Å². The Labute approximate surface area is 91.3 Å². The van der Waals surface area contributed by atoms with Crippen molar-refractivity contribution in [2.24, 2.45) is 11.5 Å². The summed E-state index contributed by atoms with van der Waals surface area (Å²) in [6.07, 6.45) is 1.62. The molecule has 0 amide bonds. The third-order valence-corrected chi connectivity index (χ3v) is 2.39. The molecule has 0 aromatic carbocycles. The van der Waals surface area contributed by atoms with Crippen LogP contribution in [0.5, 0.6) is 0 Å². The number of nitrogens with zero attached hydrogens (tertiary/aromatic N) is 1. The Bertz CT molecular complexity index is 236. The number of hydrogen-bond donors (Lipinski definition) is 3. The molecule has 0 bridgehead atoms. The van der Waals surface area contributed by atoms with Crippen LogP contribution in [0.4, 0.5) is 0 Å². The maximum absolute atomic E-state index is 7.49. The van der Waals surface area contributed by atoms with Gasteiger partial charge in [0.2, 0.25) is 0 Å². The molecule has 15 heavy (non-hydrogen) atoms. The summed E-state index contributed by atoms with van der Waals surface area (Å²) in [5.74, 6) is 0.0411. The quantitative estimate of drug-likeness (QED) is 0.436. The van der Waals surface area contributed by atoms with Crippen LogP contribution in [0, 0.1) is 5.41 Å². The SMILES string of the molecule is CC(C)(C)O[C@@H]1[C@@H](N)CCCN1C(=N)N. The third kappa shape index (κ3) is 3.35. The minimum absolute atomic E-state index is 0.0411. The summed E-state index contributed by atoms with van der Waals surface area (Å²) in [6.45, 7) is 6.69. The zero-order valence-corrected chi connectivity index (χ0v) is 9.79. The molecule has 88 valence electrons. The maximum atomic E-state index is 7.49. The van der Waals surface area contributed by atoms with Crippen LogP contribution in [0.1, 0.15) is 33.6 Å². The first-order valence-corrected chi connectivity index (χ1v) is 5.35. The molecule has 1 rings (SSSR count). The molecule has 0 radical (unpaired) electrons. The molecule has 0 aromatic heterocycles. The van der Waals surface area contributed by atoms with Gasteiger partial charge in [0.25, 0.3) is 0 Å². The Morgan fingerprint density at radius 2 is 2.07 bits per heavy atom. The van der Waals surface area contributed by atoms with Gasteiger partial charge in [-0.05, 0) is 33.6 Å². The number of guanidine groups is 1. The fourth-order valence-corrected chi connectivity index (χ4v) is 1.77. The normalized spacial score (nSPS) is 27.9. The molecule has 0 saturated carbocycles. The van der Waals surface area contributed by atoms with Gasteiger partial charge in [0.15, 0.2) is 5.96 Å². The lowest BCUT2D eigenvalue weighted by molar-refractivity contribution is -0.133. The molecule has 0 spiro atoms. The zero-order chi connectivity index (χ0) is 11.6. The van der Waals surface area contributed by atoms with Gasteiger partial charge in [-0.15, -0.1) is 0 Å². The number of rotatable bonds is 1. The number of hydrogen-bond acceptors (Lipinski definition) is 3. The van der Waals surface area contributed by atoms with Gasteiger partial charge >= 0.3 is 0 Å². The van der Waals surface area contributed by atoms with E-state index in [2.05, 4.69) is 0 Å². The third-order valence-electron chi connectivity index (χ3n) is 2.39. The summed E-state index contributed by atoms with van der Waals surface area (Å²) < 4.78 is 5.84. The first kappa shape index (κ1) is 12.3. The summed E-state index contributed by atoms with van der Waals surface area (Å²) in [6, 6.07) is -0.0677. The monoisotopic (exact) mass is 214 g/mol. The lowest BCUT2D eigenvalue weighted by Gasteiger charge is -2.42. The number of nitrogens with one attached hydrogen (secondary N) is 1. The van der Waals surface area contributed by atoms with E-state index < -0.39 is 0 Å². The summed E-state index contributed by atoms with van der Waals surface area (Å²) >= 11 is 0. The Balaban J connectivity index is 2.73. The molecule has 1 aliphatic heterocycles. The molecule has 1 saturated heterocycles. The van der Waals surface area contributed by atoms with Crippen LogP contribution >= 0.6 is 0 Å². The molecule has 5 N–H and O–H groups in total. The minimum Gasteiger partial charge on any atom is -0.370 e. The number of ether oxygens (including phenoxy) is 1. The topological polar surface area (TPSA) is 88.4 Å². The Morgan fingerprint density at radius 1 is 1.47 bits per heavy atom. The smallest absolute Gasteiger partial charge is 0.190 e. The molecule has 0 unspecified atom stereocenters. The predicted molar refractivity (Wildman–Crippen MR) is 60.5 cm³/mol. The van der Waals surface area contributed by atoms with Gasteiger partial charge in [0, 0.05) is 12.6 Å². The highest BCUT2D eigenvalue weighted by molar-refractivity contribution is 5.75. The lowest BCUT2D eigenvalue weighted by Crippen LogP contribution is -2.59. The van der Waals surface area contributed by atoms with Gasteiger partial charge in [-0.3, -0.25) is 5.41 Å². The van der Waals surface area contributed by atoms with Crippen LogP contribution in [0.15, 0.2) is 0 Å². The Hall–Kier alpha value is -0.810. The second kappa shape index (κ2) is 4.37. The fourth-order valence-electron chi connectivity index (χ4n) is 1.77. The van der Waals surface area contributed by atoms with Crippen molar-refractivity contribution in [2.45, 2.75) is 51.5 Å². The molecule has 1 heterocycles. The standard InChI is InChI=1S/C10H22N4O/c1-10(2,3)15-8-7(11)5-4-6-14(8)9(12)13/h7-8H,4-6,11H2,1-3H3,(H3,12,13)/t7-,8+/m0/s1. The molecule has 0 aromatic rings. The summed E-state index contributed by atoms with van der Waals surface area (Å²) in [5, 5.41) is 7.49. The van der Waals surface area contributed by atoms with Crippen molar-refractivity contribution in [1.29, 1.82) is 5.41 Å². The average Bonchev–Trinajstić information content (AvgIpc) is 2.05. The van der Waals surface area contributed by atoms with Crippen molar-refractivity contribution in [1.82, 2.24) is 4.90 Å². The summed E-state index contributed by atoms with van der Waals surface area (Å²) in [4.78, 5) is 1.74. The van der Waals surface area contributed by atoms with Crippen molar-refractivity contribution < 1.29 is 4.74 Å². The zero-order valence-electron chi connectivity index (χ0n) is 9.79. The number of nitrogens with two attached hydrogens (primary N) is 2. The highest BCUT2D eigenvalue weighted by atomic mass is 16.5. The van der Waals surface area contributed by atoms with Crippen LogP contribution in [-0.2, 0) is 4.74 Å². The summed E-state index contributed by atoms with van der Waals surface area (Å²) in [5.41, 5.74) is 11.2. The van der Waals surface area contributed by atoms with Crippen LogP contribution in [0.2, 0.25) is 0 Å². The highest BCUT2D eigenvalue weighted by Crippen LogP contribution is 2.21. The van der Waals surface area contributed by atoms with Gasteiger partial charge in [-0.1, -0.05) is 0 Å². The predicted octanol–water partition coefficient (Wildman–Crippen LogP) is 0.444. The molecular formula is C10H22N4O. The van der Waals surface area contributed by atoms with E-state index in [0.717, 1.165) is 19.4 Å². The Morgan fingerprint density at radius 3 is 2.53 bits per heavy atom. The van der Waals surface area contributed by atoms with E-state index in [1.54, 1.807) is 4.90 Å². The highest BCUT2D eigenvalue weighted by Gasteiger charge is 2.33. The maximum Gasteiger partial charge on any atom is 0.190 e. The first-order valence-electron chi connectivity index (χ1n) is 5.35. The van der Waals surface area contributed by atoms with Crippen molar-refractivity contribution in [3.05, 3.63) is 0 Å². The molecule has 5 heteroatoms. The second-order valence-corrected chi connectivity index (χ2v) is 5.01. The van der Waals surface area contributed by atoms with Gasteiger partial charge in [0.1, 0.15) is 6.23 Å². The largest absolute Gasteiger partial charge is 0.370 e. The number of likely N-dealkylation sites (tertiary alicyclic amines) is 1. The molecule has 1 aliphatic rings. The lowest BCUT2D eigenvalue weighted by atomic mass is 10.0. The van der Waals surface area contributed by atoms with Gasteiger partial charge < -0.3 is 21.1 Å². The first-order chi connectivity index (χ1) is 6.81. The van der Waals surface area contributed by atoms with Crippen molar-refractivity contribution in [3.8, 4) is 0 Å². The molecule has 5 nitrogen and oxygen atoms in total. The van der Waals surface area contributed by atoms with Crippen molar-refractivity contribution in [2.75, 3.05) is 6.54 Å². The average molecular weight is 214 g/mol. The van der Waals surface area contributed by atoms with E-state index in [-0.39, 0.29) is 23.8 Å². The van der Waals surface area contributed by atoms with Crippen molar-refractivity contribution in [3.63, 3.8) is 0 Å². The molecule has 1 fully saturated rings. The van der Waals surface area contributed by atoms with Crippen LogP contribution in [0.3, 0.4) is 0 Å². The minimum atomic E-state index is -0.271. The van der Waals surface area contributed by atoms with E-state index in [0.29, 0.717) is 0 Å². The van der Waals surface area contributed by atoms with E-state index in [9.17, 15) is 0 Å². The van der Waals surface area contributed by atoms with E-state index >= 15 is 0 Å². The van der Waals surface area contributed by atoms with Gasteiger partial charge in [-0.2, -0.15) is 0 Å². The molecule has 2 atom stereocenters. The van der Waals surface area contributed by atoms with Crippen LogP contribution < -0.4 is 11.5 Å². The Kier molecular flexibility index (Phi) is 3.57. The van der Waals surface area contributed by atoms with E-state index in [1.807, 2.05) is 20.8 Å². The van der Waals surface area contributed by atoms with E-state index in [1.165, 1.54) is 0 Å². The summed E-state index contributed by atoms with van der Waals surface area (Å²) in [7, 11) is 0. The van der Waals surface area contributed by atoms with Crippen LogP contribution in [0.25, 0.3) is 0 Å². The van der Waals surface area contributed by atoms with Crippen molar-refractivity contribution >= 4 is 5.96 Å². The van der Waals surface area contributed by atoms with Gasteiger partial charge in [0.05, 0.1) is 5.60 Å². The van der Waals surface area contributed by atoms with Crippen LogP contribution in [-0.4, -0.2) is 35.3 Å². The fraction of sp³-hybridized carbons (Fsp3) is 0.900.